The van der Waals surface area contributed by atoms with Crippen LogP contribution in [0.5, 0.6) is 0 Å². The van der Waals surface area contributed by atoms with E-state index in [0.717, 1.165) is 5.56 Å². The van der Waals surface area contributed by atoms with Crippen molar-refractivity contribution in [1.82, 2.24) is 4.31 Å². The molecular formula is C20H24N2O4S. The number of anilines is 1. The molecule has 1 aliphatic heterocycles. The molecule has 0 bridgehead atoms. The highest BCUT2D eigenvalue weighted by Gasteiger charge is 2.39. The SMILES string of the molecule is Cc1ccccc1C(=O)Nc1ccc(S(=O)(=O)N2CCOCC2(C)C)cc1. The minimum absolute atomic E-state index is 0.200. The van der Waals surface area contributed by atoms with Gasteiger partial charge in [0.2, 0.25) is 10.0 Å². The molecule has 27 heavy (non-hydrogen) atoms. The molecule has 1 heterocycles. The minimum Gasteiger partial charge on any atom is -0.378 e. The lowest BCUT2D eigenvalue weighted by atomic mass is 10.1. The summed E-state index contributed by atoms with van der Waals surface area (Å²) in [6, 6.07) is 13.6. The van der Waals surface area contributed by atoms with Crippen LogP contribution in [0.3, 0.4) is 0 Å². The molecule has 1 amide bonds. The molecule has 1 N–H and O–H groups in total. The van der Waals surface area contributed by atoms with Crippen LogP contribution in [0, 0.1) is 6.92 Å². The zero-order valence-corrected chi connectivity index (χ0v) is 16.5. The van der Waals surface area contributed by atoms with Gasteiger partial charge in [0, 0.05) is 17.8 Å². The molecule has 7 heteroatoms. The number of benzene rings is 2. The number of morpholine rings is 1. The van der Waals surface area contributed by atoms with Crippen molar-refractivity contribution < 1.29 is 17.9 Å². The van der Waals surface area contributed by atoms with Gasteiger partial charge in [0.1, 0.15) is 0 Å². The van der Waals surface area contributed by atoms with E-state index in [9.17, 15) is 13.2 Å². The van der Waals surface area contributed by atoms with Crippen LogP contribution in [0.4, 0.5) is 5.69 Å². The molecule has 0 radical (unpaired) electrons. The van der Waals surface area contributed by atoms with Crippen LogP contribution in [-0.2, 0) is 14.8 Å². The standard InChI is InChI=1S/C20H24N2O4S/c1-15-6-4-5-7-18(15)19(23)21-16-8-10-17(11-9-16)27(24,25)22-12-13-26-14-20(22,2)3/h4-11H,12-14H2,1-3H3,(H,21,23). The summed E-state index contributed by atoms with van der Waals surface area (Å²) in [7, 11) is -3.63. The number of sulfonamides is 1. The van der Waals surface area contributed by atoms with Crippen molar-refractivity contribution in [2.75, 3.05) is 25.1 Å². The molecule has 0 unspecified atom stereocenters. The first-order chi connectivity index (χ1) is 12.7. The zero-order valence-electron chi connectivity index (χ0n) is 15.7. The fraction of sp³-hybridized carbons (Fsp3) is 0.350. The second kappa shape index (κ2) is 7.42. The Kier molecular flexibility index (Phi) is 5.37. The number of ether oxygens (including phenoxy) is 1. The summed E-state index contributed by atoms with van der Waals surface area (Å²) in [5.74, 6) is -0.224. The number of hydrogen-bond acceptors (Lipinski definition) is 4. The molecule has 0 saturated carbocycles. The van der Waals surface area contributed by atoms with Gasteiger partial charge in [-0.05, 0) is 56.7 Å². The van der Waals surface area contributed by atoms with Crippen molar-refractivity contribution in [3.8, 4) is 0 Å². The first-order valence-corrected chi connectivity index (χ1v) is 10.2. The van der Waals surface area contributed by atoms with Crippen LogP contribution in [0.15, 0.2) is 53.4 Å². The van der Waals surface area contributed by atoms with Gasteiger partial charge in [0.25, 0.3) is 5.91 Å². The topological polar surface area (TPSA) is 75.7 Å². The van der Waals surface area contributed by atoms with Crippen LogP contribution >= 0.6 is 0 Å². The van der Waals surface area contributed by atoms with Crippen molar-refractivity contribution in [2.45, 2.75) is 31.2 Å². The molecule has 3 rings (SSSR count). The Morgan fingerprint density at radius 3 is 2.41 bits per heavy atom. The van der Waals surface area contributed by atoms with E-state index in [1.54, 1.807) is 18.2 Å². The molecule has 2 aromatic rings. The second-order valence-corrected chi connectivity index (χ2v) is 9.10. The molecule has 6 nitrogen and oxygen atoms in total. The summed E-state index contributed by atoms with van der Waals surface area (Å²) in [6.07, 6.45) is 0. The Bertz CT molecular complexity index is 937. The van der Waals surface area contributed by atoms with E-state index in [4.69, 9.17) is 4.74 Å². The largest absolute Gasteiger partial charge is 0.378 e. The van der Waals surface area contributed by atoms with E-state index in [0.29, 0.717) is 31.0 Å². The Hall–Kier alpha value is -2.22. The maximum Gasteiger partial charge on any atom is 0.255 e. The van der Waals surface area contributed by atoms with Gasteiger partial charge < -0.3 is 10.1 Å². The van der Waals surface area contributed by atoms with E-state index >= 15 is 0 Å². The first kappa shape index (κ1) is 19.5. The highest BCUT2D eigenvalue weighted by Crippen LogP contribution is 2.28. The average Bonchev–Trinajstić information content (AvgIpc) is 2.62. The van der Waals surface area contributed by atoms with Crippen LogP contribution in [0.1, 0.15) is 29.8 Å². The number of aryl methyl sites for hydroxylation is 1. The third-order valence-electron chi connectivity index (χ3n) is 4.66. The van der Waals surface area contributed by atoms with Gasteiger partial charge in [-0.2, -0.15) is 4.31 Å². The van der Waals surface area contributed by atoms with Gasteiger partial charge in [0.15, 0.2) is 0 Å². The lowest BCUT2D eigenvalue weighted by Gasteiger charge is -2.40. The molecule has 0 aliphatic carbocycles. The fourth-order valence-corrected chi connectivity index (χ4v) is 4.91. The van der Waals surface area contributed by atoms with Crippen LogP contribution in [0.2, 0.25) is 0 Å². The Balaban J connectivity index is 1.79. The van der Waals surface area contributed by atoms with Crippen LogP contribution in [0.25, 0.3) is 0 Å². The van der Waals surface area contributed by atoms with E-state index < -0.39 is 15.6 Å². The van der Waals surface area contributed by atoms with E-state index in [-0.39, 0.29) is 10.8 Å². The summed E-state index contributed by atoms with van der Waals surface area (Å²) in [5, 5.41) is 2.81. The predicted molar refractivity (Wildman–Crippen MR) is 104 cm³/mol. The van der Waals surface area contributed by atoms with Gasteiger partial charge in [-0.25, -0.2) is 8.42 Å². The molecule has 2 aromatic carbocycles. The molecule has 0 aromatic heterocycles. The highest BCUT2D eigenvalue weighted by molar-refractivity contribution is 7.89. The van der Waals surface area contributed by atoms with Gasteiger partial charge in [0.05, 0.1) is 23.6 Å². The average molecular weight is 388 g/mol. The first-order valence-electron chi connectivity index (χ1n) is 8.79. The molecule has 0 atom stereocenters. The molecule has 144 valence electrons. The minimum atomic E-state index is -3.63. The van der Waals surface area contributed by atoms with Crippen molar-refractivity contribution in [3.05, 3.63) is 59.7 Å². The molecule has 1 saturated heterocycles. The van der Waals surface area contributed by atoms with E-state index in [1.165, 1.54) is 16.4 Å². The maximum atomic E-state index is 13.0. The number of nitrogens with one attached hydrogen (secondary N) is 1. The summed E-state index contributed by atoms with van der Waals surface area (Å²) in [5.41, 5.74) is 1.41. The highest BCUT2D eigenvalue weighted by atomic mass is 32.2. The summed E-state index contributed by atoms with van der Waals surface area (Å²) in [6.45, 7) is 6.63. The molecule has 1 aliphatic rings. The van der Waals surface area contributed by atoms with Gasteiger partial charge in [-0.15, -0.1) is 0 Å². The van der Waals surface area contributed by atoms with E-state index in [1.807, 2.05) is 39.0 Å². The van der Waals surface area contributed by atoms with Crippen molar-refractivity contribution in [1.29, 1.82) is 0 Å². The molecule has 0 spiro atoms. The summed E-state index contributed by atoms with van der Waals surface area (Å²) >= 11 is 0. The second-order valence-electron chi connectivity index (χ2n) is 7.24. The number of carbonyl (C=O) groups excluding carboxylic acids is 1. The fourth-order valence-electron chi connectivity index (χ4n) is 3.15. The third-order valence-corrected chi connectivity index (χ3v) is 6.78. The van der Waals surface area contributed by atoms with Crippen LogP contribution in [-0.4, -0.2) is 43.9 Å². The Morgan fingerprint density at radius 2 is 1.78 bits per heavy atom. The number of amides is 1. The van der Waals surface area contributed by atoms with Crippen LogP contribution < -0.4 is 5.32 Å². The van der Waals surface area contributed by atoms with Crippen molar-refractivity contribution >= 4 is 21.6 Å². The quantitative estimate of drug-likeness (QED) is 0.873. The van der Waals surface area contributed by atoms with Crippen molar-refractivity contribution in [2.24, 2.45) is 0 Å². The summed E-state index contributed by atoms with van der Waals surface area (Å²) in [4.78, 5) is 12.6. The molecular weight excluding hydrogens is 364 g/mol. The number of nitrogens with zero attached hydrogens (tertiary/aromatic N) is 1. The summed E-state index contributed by atoms with van der Waals surface area (Å²) < 4.78 is 32.9. The lowest BCUT2D eigenvalue weighted by molar-refractivity contribution is -0.00770. The van der Waals surface area contributed by atoms with Gasteiger partial charge >= 0.3 is 0 Å². The van der Waals surface area contributed by atoms with Gasteiger partial charge in [-0.1, -0.05) is 18.2 Å². The smallest absolute Gasteiger partial charge is 0.255 e. The number of carbonyl (C=O) groups is 1. The number of hydrogen-bond donors (Lipinski definition) is 1. The predicted octanol–water partition coefficient (Wildman–Crippen LogP) is 3.05. The van der Waals surface area contributed by atoms with E-state index in [2.05, 4.69) is 5.32 Å². The number of rotatable bonds is 4. The Morgan fingerprint density at radius 1 is 1.11 bits per heavy atom. The monoisotopic (exact) mass is 388 g/mol. The van der Waals surface area contributed by atoms with Gasteiger partial charge in [-0.3, -0.25) is 4.79 Å². The maximum absolute atomic E-state index is 13.0. The third kappa shape index (κ3) is 4.05. The molecule has 1 fully saturated rings. The zero-order chi connectivity index (χ0) is 19.7. The lowest BCUT2D eigenvalue weighted by Crippen LogP contribution is -2.55. The van der Waals surface area contributed by atoms with Crippen molar-refractivity contribution in [3.63, 3.8) is 0 Å². The Labute approximate surface area is 160 Å². The normalized spacial score (nSPS) is 17.4.